The quantitative estimate of drug-likeness (QED) is 0.336. The molecular formula is C25H16ClFN4O3. The summed E-state index contributed by atoms with van der Waals surface area (Å²) < 4.78 is 17.2. The van der Waals surface area contributed by atoms with Crippen molar-refractivity contribution >= 4 is 40.4 Å². The Kier molecular flexibility index (Phi) is 5.22. The highest BCUT2D eigenvalue weighted by Gasteiger charge is 2.48. The van der Waals surface area contributed by atoms with Crippen molar-refractivity contribution in [1.29, 1.82) is 0 Å². The van der Waals surface area contributed by atoms with E-state index >= 15 is 0 Å². The monoisotopic (exact) mass is 474 g/mol. The first-order valence-corrected chi connectivity index (χ1v) is 10.6. The second-order valence-electron chi connectivity index (χ2n) is 7.56. The molecule has 168 valence electrons. The van der Waals surface area contributed by atoms with Gasteiger partial charge in [-0.25, -0.2) is 14.0 Å². The fourth-order valence-corrected chi connectivity index (χ4v) is 4.06. The van der Waals surface area contributed by atoms with Crippen LogP contribution in [-0.4, -0.2) is 21.6 Å². The predicted molar refractivity (Wildman–Crippen MR) is 121 cm³/mol. The summed E-state index contributed by atoms with van der Waals surface area (Å²) in [5.41, 5.74) is 0.258. The fraction of sp³-hybridized carbons (Fsp3) is 0.0400. The molecule has 0 bridgehead atoms. The van der Waals surface area contributed by atoms with Crippen molar-refractivity contribution in [1.82, 2.24) is 9.78 Å². The Bertz CT molecular complexity index is 1480. The summed E-state index contributed by atoms with van der Waals surface area (Å²) in [6, 6.07) is 17.0. The Morgan fingerprint density at radius 1 is 0.941 bits per heavy atom. The van der Waals surface area contributed by atoms with Crippen molar-refractivity contribution in [3.05, 3.63) is 101 Å². The van der Waals surface area contributed by atoms with Gasteiger partial charge in [-0.2, -0.15) is 9.67 Å². The van der Waals surface area contributed by atoms with Crippen molar-refractivity contribution in [2.75, 3.05) is 4.90 Å². The summed E-state index contributed by atoms with van der Waals surface area (Å²) in [4.78, 5) is 27.9. The van der Waals surface area contributed by atoms with Crippen LogP contribution >= 0.6 is 11.6 Å². The molecule has 2 aromatic heterocycles. The van der Waals surface area contributed by atoms with E-state index < -0.39 is 23.5 Å². The third-order valence-electron chi connectivity index (χ3n) is 5.47. The van der Waals surface area contributed by atoms with Crippen LogP contribution in [0.3, 0.4) is 0 Å². The first kappa shape index (κ1) is 21.5. The van der Waals surface area contributed by atoms with Crippen molar-refractivity contribution in [2.24, 2.45) is 0 Å². The van der Waals surface area contributed by atoms with E-state index in [1.165, 1.54) is 22.8 Å². The molecule has 4 aromatic rings. The molecule has 0 saturated heterocycles. The topological polar surface area (TPSA) is 82.1 Å². The number of aryl methyl sites for hydroxylation is 1. The molecule has 1 aliphatic rings. The number of imide groups is 1. The molecule has 7 nitrogen and oxygen atoms in total. The lowest BCUT2D eigenvalue weighted by Crippen LogP contribution is -2.39. The summed E-state index contributed by atoms with van der Waals surface area (Å²) in [6.45, 7) is 1.58. The van der Waals surface area contributed by atoms with Crippen molar-refractivity contribution in [2.45, 2.75) is 6.92 Å². The predicted octanol–water partition coefficient (Wildman–Crippen LogP) is 3.28. The van der Waals surface area contributed by atoms with Crippen LogP contribution in [0.5, 0.6) is 5.88 Å². The van der Waals surface area contributed by atoms with Gasteiger partial charge in [-0.15, -0.1) is 0 Å². The summed E-state index contributed by atoms with van der Waals surface area (Å²) in [7, 11) is 0. The van der Waals surface area contributed by atoms with E-state index in [0.29, 0.717) is 10.7 Å². The van der Waals surface area contributed by atoms with E-state index in [-0.39, 0.29) is 28.2 Å². The first-order valence-electron chi connectivity index (χ1n) is 10.3. The zero-order chi connectivity index (χ0) is 24.0. The summed E-state index contributed by atoms with van der Waals surface area (Å²) in [6.07, 6.45) is 3.16. The number of aromatic nitrogens is 3. The SMILES string of the molecule is Cc1nn(-c2ccc(Cl)cc2)c([O-])c1C1=C([n+]2ccccc2)C(=O)N(c2ccccc2F)C1=O. The van der Waals surface area contributed by atoms with Crippen LogP contribution in [0.1, 0.15) is 11.3 Å². The van der Waals surface area contributed by atoms with Gasteiger partial charge in [0.15, 0.2) is 12.4 Å². The van der Waals surface area contributed by atoms with E-state index in [0.717, 1.165) is 15.6 Å². The molecule has 1 aliphatic heterocycles. The van der Waals surface area contributed by atoms with Crippen LogP contribution in [0.4, 0.5) is 10.1 Å². The number of hydrogen-bond donors (Lipinski definition) is 0. The van der Waals surface area contributed by atoms with E-state index in [2.05, 4.69) is 5.10 Å². The van der Waals surface area contributed by atoms with Crippen molar-refractivity contribution in [3.63, 3.8) is 0 Å². The molecule has 5 rings (SSSR count). The van der Waals surface area contributed by atoms with Crippen LogP contribution in [0.25, 0.3) is 17.0 Å². The molecule has 2 amide bonds. The molecule has 9 heteroatoms. The largest absolute Gasteiger partial charge is 0.858 e. The lowest BCUT2D eigenvalue weighted by atomic mass is 10.0. The van der Waals surface area contributed by atoms with Gasteiger partial charge in [-0.1, -0.05) is 29.8 Å². The minimum atomic E-state index is -0.808. The Labute approximate surface area is 198 Å². The van der Waals surface area contributed by atoms with Crippen LogP contribution in [0.15, 0.2) is 79.1 Å². The molecule has 0 N–H and O–H groups in total. The van der Waals surface area contributed by atoms with Crippen LogP contribution in [0.2, 0.25) is 5.02 Å². The molecule has 0 saturated carbocycles. The lowest BCUT2D eigenvalue weighted by molar-refractivity contribution is -0.576. The molecule has 34 heavy (non-hydrogen) atoms. The summed E-state index contributed by atoms with van der Waals surface area (Å²) >= 11 is 5.95. The minimum absolute atomic E-state index is 0.0292. The molecule has 0 unspecified atom stereocenters. The normalized spacial score (nSPS) is 13.8. The number of benzene rings is 2. The van der Waals surface area contributed by atoms with Gasteiger partial charge >= 0.3 is 5.91 Å². The molecule has 0 fully saturated rings. The second kappa shape index (κ2) is 8.24. The van der Waals surface area contributed by atoms with Gasteiger partial charge in [0, 0.05) is 22.7 Å². The fourth-order valence-electron chi connectivity index (χ4n) is 3.93. The van der Waals surface area contributed by atoms with E-state index in [1.54, 1.807) is 61.8 Å². The van der Waals surface area contributed by atoms with Crippen LogP contribution in [0, 0.1) is 12.7 Å². The highest BCUT2D eigenvalue weighted by Crippen LogP contribution is 2.39. The summed E-state index contributed by atoms with van der Waals surface area (Å²) in [5, 5.41) is 18.3. The molecule has 2 aromatic carbocycles. The van der Waals surface area contributed by atoms with Gasteiger partial charge < -0.3 is 5.11 Å². The van der Waals surface area contributed by atoms with Crippen molar-refractivity contribution < 1.29 is 23.7 Å². The highest BCUT2D eigenvalue weighted by molar-refractivity contribution is 6.53. The lowest BCUT2D eigenvalue weighted by Gasteiger charge is -2.16. The average Bonchev–Trinajstić information content (AvgIpc) is 3.26. The second-order valence-corrected chi connectivity index (χ2v) is 7.99. The number of rotatable bonds is 4. The maximum atomic E-state index is 14.6. The molecule has 0 aliphatic carbocycles. The van der Waals surface area contributed by atoms with Gasteiger partial charge in [-0.05, 0) is 49.2 Å². The Hall–Kier alpha value is -4.30. The molecule has 0 atom stereocenters. The first-order chi connectivity index (χ1) is 16.4. The van der Waals surface area contributed by atoms with Gasteiger partial charge in [0.2, 0.25) is 0 Å². The van der Waals surface area contributed by atoms with Gasteiger partial charge in [0.25, 0.3) is 11.6 Å². The molecule has 0 spiro atoms. The Morgan fingerprint density at radius 3 is 2.29 bits per heavy atom. The number of para-hydroxylation sites is 1. The number of hydrogen-bond acceptors (Lipinski definition) is 4. The number of nitrogens with zero attached hydrogens (tertiary/aromatic N) is 4. The molecule has 0 radical (unpaired) electrons. The smallest absolute Gasteiger partial charge is 0.331 e. The number of anilines is 1. The molecule has 3 heterocycles. The minimum Gasteiger partial charge on any atom is -0.858 e. The highest BCUT2D eigenvalue weighted by atomic mass is 35.5. The molecular weight excluding hydrogens is 459 g/mol. The third kappa shape index (κ3) is 3.36. The average molecular weight is 475 g/mol. The number of carbonyl (C=O) groups is 2. The maximum Gasteiger partial charge on any atom is 0.331 e. The van der Waals surface area contributed by atoms with Gasteiger partial charge in [0.1, 0.15) is 11.4 Å². The van der Waals surface area contributed by atoms with E-state index in [1.807, 2.05) is 0 Å². The number of amides is 2. The van der Waals surface area contributed by atoms with Gasteiger partial charge in [0.05, 0.1) is 17.1 Å². The van der Waals surface area contributed by atoms with Crippen LogP contribution < -0.4 is 14.6 Å². The van der Waals surface area contributed by atoms with E-state index in [4.69, 9.17) is 11.6 Å². The van der Waals surface area contributed by atoms with Crippen molar-refractivity contribution in [3.8, 4) is 11.6 Å². The zero-order valence-corrected chi connectivity index (χ0v) is 18.5. The van der Waals surface area contributed by atoms with E-state index in [9.17, 15) is 19.1 Å². The number of halogens is 2. The van der Waals surface area contributed by atoms with Crippen LogP contribution in [-0.2, 0) is 9.59 Å². The number of carbonyl (C=O) groups excluding carboxylic acids is 2. The Morgan fingerprint density at radius 2 is 1.62 bits per heavy atom. The summed E-state index contributed by atoms with van der Waals surface area (Å²) in [5.74, 6) is -2.88. The number of pyridine rings is 1. The Balaban J connectivity index is 1.75. The maximum absolute atomic E-state index is 14.6. The third-order valence-corrected chi connectivity index (χ3v) is 5.72. The zero-order valence-electron chi connectivity index (χ0n) is 17.8. The standard InChI is InChI=1S/C25H16ClFN4O3/c1-15-20(24(33)31(28-15)17-11-9-16(26)10-12-17)21-22(29-13-5-2-6-14-29)25(34)30(23(21)32)19-8-4-3-7-18(19)27/h2-14H,1H3. The van der Waals surface area contributed by atoms with Gasteiger partial charge in [-0.3, -0.25) is 9.59 Å².